The standard InChI is InChI=1S/C23H29F2N5O2/c1-17-3-4-19(21(15-17)28-9-6-23(24,25)7-10-28)16-27-11-13-29(14-12-27)22(32)30-8-5-20(26-30)18(2)31/h3-5,8,15H,6-7,9-14,16H2,1-2H3. The van der Waals surface area contributed by atoms with E-state index in [1.807, 2.05) is 6.92 Å². The zero-order valence-electron chi connectivity index (χ0n) is 18.6. The van der Waals surface area contributed by atoms with Crippen LogP contribution in [0.15, 0.2) is 30.5 Å². The Kier molecular flexibility index (Phi) is 6.28. The summed E-state index contributed by atoms with van der Waals surface area (Å²) >= 11 is 0. The molecule has 3 heterocycles. The Bertz CT molecular complexity index is 988. The van der Waals surface area contributed by atoms with E-state index in [0.29, 0.717) is 45.8 Å². The maximum Gasteiger partial charge on any atom is 0.344 e. The normalized spacial score (nSPS) is 19.2. The molecule has 0 bridgehead atoms. The van der Waals surface area contributed by atoms with E-state index in [4.69, 9.17) is 0 Å². The minimum atomic E-state index is -2.57. The molecule has 1 aromatic carbocycles. The Balaban J connectivity index is 1.38. The number of anilines is 1. The van der Waals surface area contributed by atoms with Crippen LogP contribution in [0.5, 0.6) is 0 Å². The van der Waals surface area contributed by atoms with Crippen LogP contribution >= 0.6 is 0 Å². The summed E-state index contributed by atoms with van der Waals surface area (Å²) in [5, 5.41) is 4.06. The Labute approximate surface area is 186 Å². The van der Waals surface area contributed by atoms with Gasteiger partial charge >= 0.3 is 6.03 Å². The summed E-state index contributed by atoms with van der Waals surface area (Å²) in [4.78, 5) is 30.2. The number of hydrogen-bond acceptors (Lipinski definition) is 5. The highest BCUT2D eigenvalue weighted by Crippen LogP contribution is 2.33. The lowest BCUT2D eigenvalue weighted by Gasteiger charge is -2.37. The van der Waals surface area contributed by atoms with Crippen molar-refractivity contribution in [2.75, 3.05) is 44.2 Å². The maximum atomic E-state index is 13.6. The summed E-state index contributed by atoms with van der Waals surface area (Å²) in [7, 11) is 0. The van der Waals surface area contributed by atoms with Crippen molar-refractivity contribution < 1.29 is 18.4 Å². The molecule has 0 atom stereocenters. The summed E-state index contributed by atoms with van der Waals surface area (Å²) in [6.45, 7) is 7.40. The maximum absolute atomic E-state index is 13.6. The van der Waals surface area contributed by atoms with E-state index >= 15 is 0 Å². The van der Waals surface area contributed by atoms with Gasteiger partial charge in [0.2, 0.25) is 0 Å². The largest absolute Gasteiger partial charge is 0.371 e. The third-order valence-corrected chi connectivity index (χ3v) is 6.26. The lowest BCUT2D eigenvalue weighted by atomic mass is 10.0. The molecule has 2 aliphatic rings. The molecule has 172 valence electrons. The fraction of sp³-hybridized carbons (Fsp3) is 0.522. The van der Waals surface area contributed by atoms with Crippen molar-refractivity contribution in [3.63, 3.8) is 0 Å². The van der Waals surface area contributed by atoms with Crippen LogP contribution in [0, 0.1) is 6.92 Å². The topological polar surface area (TPSA) is 61.7 Å². The molecule has 9 heteroatoms. The summed E-state index contributed by atoms with van der Waals surface area (Å²) in [5.74, 6) is -2.74. The first-order chi connectivity index (χ1) is 15.2. The van der Waals surface area contributed by atoms with Gasteiger partial charge in [-0.15, -0.1) is 0 Å². The van der Waals surface area contributed by atoms with Crippen molar-refractivity contribution >= 4 is 17.5 Å². The molecule has 2 saturated heterocycles. The van der Waals surface area contributed by atoms with Gasteiger partial charge < -0.3 is 9.80 Å². The van der Waals surface area contributed by atoms with Crippen molar-refractivity contribution in [1.82, 2.24) is 19.6 Å². The number of piperazine rings is 1. The third kappa shape index (κ3) is 4.98. The Morgan fingerprint density at radius 2 is 1.72 bits per heavy atom. The lowest BCUT2D eigenvalue weighted by Crippen LogP contribution is -2.49. The minimum Gasteiger partial charge on any atom is -0.371 e. The summed E-state index contributed by atoms with van der Waals surface area (Å²) in [6.07, 6.45) is 1.30. The number of ketones is 1. The molecule has 0 unspecified atom stereocenters. The van der Waals surface area contributed by atoms with Gasteiger partial charge in [0.05, 0.1) is 0 Å². The van der Waals surface area contributed by atoms with Crippen LogP contribution in [0.25, 0.3) is 0 Å². The number of halogens is 2. The highest BCUT2D eigenvalue weighted by molar-refractivity contribution is 5.92. The molecule has 0 spiro atoms. The molecule has 0 saturated carbocycles. The molecular weight excluding hydrogens is 416 g/mol. The van der Waals surface area contributed by atoms with E-state index in [-0.39, 0.29) is 30.3 Å². The molecule has 0 aliphatic carbocycles. The van der Waals surface area contributed by atoms with E-state index < -0.39 is 5.92 Å². The van der Waals surface area contributed by atoms with Crippen LogP contribution in [0.2, 0.25) is 0 Å². The van der Waals surface area contributed by atoms with Gasteiger partial charge in [-0.3, -0.25) is 9.69 Å². The van der Waals surface area contributed by atoms with Crippen LogP contribution in [-0.2, 0) is 6.54 Å². The number of nitrogens with zero attached hydrogens (tertiary/aromatic N) is 5. The number of amides is 1. The van der Waals surface area contributed by atoms with E-state index in [1.165, 1.54) is 17.8 Å². The second-order valence-electron chi connectivity index (χ2n) is 8.72. The fourth-order valence-corrected chi connectivity index (χ4v) is 4.28. The first-order valence-electron chi connectivity index (χ1n) is 11.0. The SMILES string of the molecule is CC(=O)c1ccn(C(=O)N2CCN(Cc3ccc(C)cc3N3CCC(F)(F)CC3)CC2)n1. The van der Waals surface area contributed by atoms with Gasteiger partial charge in [-0.2, -0.15) is 9.78 Å². The Hall–Kier alpha value is -2.81. The van der Waals surface area contributed by atoms with Gasteiger partial charge in [0, 0.05) is 77.5 Å². The number of aromatic nitrogens is 2. The van der Waals surface area contributed by atoms with Gasteiger partial charge in [-0.25, -0.2) is 13.6 Å². The quantitative estimate of drug-likeness (QED) is 0.675. The highest BCUT2D eigenvalue weighted by Gasteiger charge is 2.34. The smallest absolute Gasteiger partial charge is 0.344 e. The van der Waals surface area contributed by atoms with Crippen LogP contribution in [0.1, 0.15) is 41.4 Å². The monoisotopic (exact) mass is 445 g/mol. The minimum absolute atomic E-state index is 0.111. The Morgan fingerprint density at radius 1 is 1.03 bits per heavy atom. The van der Waals surface area contributed by atoms with Crippen LogP contribution in [0.4, 0.5) is 19.3 Å². The van der Waals surface area contributed by atoms with Crippen molar-refractivity contribution in [2.45, 2.75) is 39.2 Å². The van der Waals surface area contributed by atoms with Crippen molar-refractivity contribution in [3.05, 3.63) is 47.3 Å². The molecule has 7 nitrogen and oxygen atoms in total. The predicted molar refractivity (Wildman–Crippen MR) is 117 cm³/mol. The van der Waals surface area contributed by atoms with Gasteiger partial charge in [-0.05, 0) is 30.2 Å². The second-order valence-corrected chi connectivity index (χ2v) is 8.72. The highest BCUT2D eigenvalue weighted by atomic mass is 19.3. The van der Waals surface area contributed by atoms with E-state index in [9.17, 15) is 18.4 Å². The zero-order valence-corrected chi connectivity index (χ0v) is 18.6. The van der Waals surface area contributed by atoms with Gasteiger partial charge in [-0.1, -0.05) is 12.1 Å². The fourth-order valence-electron chi connectivity index (χ4n) is 4.28. The number of piperidine rings is 1. The van der Waals surface area contributed by atoms with E-state index in [1.54, 1.807) is 11.0 Å². The number of hydrogen-bond donors (Lipinski definition) is 0. The molecule has 4 rings (SSSR count). The second kappa shape index (κ2) is 8.97. The molecule has 0 radical (unpaired) electrons. The van der Waals surface area contributed by atoms with Gasteiger partial charge in [0.15, 0.2) is 5.78 Å². The van der Waals surface area contributed by atoms with E-state index in [2.05, 4.69) is 33.1 Å². The number of benzene rings is 1. The van der Waals surface area contributed by atoms with Crippen molar-refractivity contribution in [3.8, 4) is 0 Å². The number of alkyl halides is 2. The first-order valence-corrected chi connectivity index (χ1v) is 11.0. The molecule has 2 fully saturated rings. The van der Waals surface area contributed by atoms with Crippen LogP contribution in [-0.4, -0.2) is 76.6 Å². The number of rotatable bonds is 4. The number of Topliss-reactive ketones (excluding diaryl/α,β-unsaturated/α-hetero) is 1. The number of aryl methyl sites for hydroxylation is 1. The van der Waals surface area contributed by atoms with Crippen LogP contribution in [0.3, 0.4) is 0 Å². The average molecular weight is 446 g/mol. The summed E-state index contributed by atoms with van der Waals surface area (Å²) in [5.41, 5.74) is 3.55. The Morgan fingerprint density at radius 3 is 2.34 bits per heavy atom. The molecule has 1 amide bonds. The first kappa shape index (κ1) is 22.4. The average Bonchev–Trinajstić information content (AvgIpc) is 3.26. The lowest BCUT2D eigenvalue weighted by molar-refractivity contribution is -0.0221. The van der Waals surface area contributed by atoms with Crippen molar-refractivity contribution in [2.24, 2.45) is 0 Å². The molecule has 0 N–H and O–H groups in total. The summed E-state index contributed by atoms with van der Waals surface area (Å²) < 4.78 is 28.5. The van der Waals surface area contributed by atoms with E-state index in [0.717, 1.165) is 16.8 Å². The molecule has 2 aromatic rings. The van der Waals surface area contributed by atoms with Crippen molar-refractivity contribution in [1.29, 1.82) is 0 Å². The zero-order chi connectivity index (χ0) is 22.9. The molecule has 2 aliphatic heterocycles. The third-order valence-electron chi connectivity index (χ3n) is 6.26. The molecule has 1 aromatic heterocycles. The number of carbonyl (C=O) groups is 2. The summed E-state index contributed by atoms with van der Waals surface area (Å²) in [6, 6.07) is 7.54. The number of carbonyl (C=O) groups excluding carboxylic acids is 2. The van der Waals surface area contributed by atoms with Gasteiger partial charge in [0.1, 0.15) is 5.69 Å². The van der Waals surface area contributed by atoms with Gasteiger partial charge in [0.25, 0.3) is 5.92 Å². The predicted octanol–water partition coefficient (Wildman–Crippen LogP) is 3.42. The van der Waals surface area contributed by atoms with Crippen LogP contribution < -0.4 is 4.90 Å². The molecule has 32 heavy (non-hydrogen) atoms. The molecular formula is C23H29F2N5O2.